The average molecular weight is 324 g/mol. The number of amides is 1. The van der Waals surface area contributed by atoms with E-state index in [-0.39, 0.29) is 23.3 Å². The molecule has 1 aliphatic rings. The molecule has 2 unspecified atom stereocenters. The van der Waals surface area contributed by atoms with Crippen molar-refractivity contribution in [2.45, 2.75) is 58.9 Å². The Morgan fingerprint density at radius 2 is 2.00 bits per heavy atom. The lowest BCUT2D eigenvalue weighted by Gasteiger charge is -2.27. The van der Waals surface area contributed by atoms with Crippen molar-refractivity contribution in [3.05, 3.63) is 16.1 Å². The minimum atomic E-state index is -0.0316. The van der Waals surface area contributed by atoms with Crippen molar-refractivity contribution in [3.63, 3.8) is 0 Å². The molecule has 1 fully saturated rings. The van der Waals surface area contributed by atoms with E-state index in [9.17, 15) is 4.79 Å². The molecule has 1 saturated heterocycles. The molecule has 0 aliphatic carbocycles. The van der Waals surface area contributed by atoms with Gasteiger partial charge < -0.3 is 10.1 Å². The molecular weight excluding hydrogens is 296 g/mol. The molecule has 4 nitrogen and oxygen atoms in total. The summed E-state index contributed by atoms with van der Waals surface area (Å²) in [5, 5.41) is 6.21. The number of aromatic nitrogens is 1. The largest absolute Gasteiger partial charge is 0.381 e. The molecule has 1 N–H and O–H groups in total. The number of nitrogens with one attached hydrogen (secondary N) is 1. The first-order chi connectivity index (χ1) is 10.3. The number of carbonyl (C=O) groups excluding carboxylic acids is 1. The van der Waals surface area contributed by atoms with Crippen molar-refractivity contribution in [1.82, 2.24) is 10.3 Å². The van der Waals surface area contributed by atoms with Crippen LogP contribution >= 0.6 is 11.3 Å². The van der Waals surface area contributed by atoms with E-state index in [2.05, 4.69) is 31.5 Å². The SMILES string of the molecule is CC(NC(=O)C(C)C1CCOCC1)c1nc(C(C)(C)C)cs1. The Bertz CT molecular complexity index is 501. The van der Waals surface area contributed by atoms with Crippen LogP contribution in [0, 0.1) is 11.8 Å². The predicted octanol–water partition coefficient (Wildman–Crippen LogP) is 3.68. The molecule has 0 aromatic carbocycles. The van der Waals surface area contributed by atoms with Crippen LogP contribution in [0.2, 0.25) is 0 Å². The summed E-state index contributed by atoms with van der Waals surface area (Å²) in [6.07, 6.45) is 1.96. The first-order valence-electron chi connectivity index (χ1n) is 8.13. The summed E-state index contributed by atoms with van der Waals surface area (Å²) in [5.74, 6) is 0.600. The Kier molecular flexibility index (Phi) is 5.61. The molecule has 1 amide bonds. The van der Waals surface area contributed by atoms with Crippen molar-refractivity contribution in [3.8, 4) is 0 Å². The minimum absolute atomic E-state index is 0.0316. The maximum absolute atomic E-state index is 12.5. The Hall–Kier alpha value is -0.940. The number of hydrogen-bond donors (Lipinski definition) is 1. The summed E-state index contributed by atoms with van der Waals surface area (Å²) in [4.78, 5) is 17.1. The molecule has 0 spiro atoms. The van der Waals surface area contributed by atoms with Crippen LogP contribution in [0.1, 0.15) is 64.2 Å². The lowest BCUT2D eigenvalue weighted by Crippen LogP contribution is -2.36. The zero-order valence-electron chi connectivity index (χ0n) is 14.3. The predicted molar refractivity (Wildman–Crippen MR) is 90.1 cm³/mol. The summed E-state index contributed by atoms with van der Waals surface area (Å²) < 4.78 is 5.37. The van der Waals surface area contributed by atoms with Gasteiger partial charge in [0.15, 0.2) is 0 Å². The van der Waals surface area contributed by atoms with E-state index in [1.54, 1.807) is 11.3 Å². The van der Waals surface area contributed by atoms with E-state index in [1.165, 1.54) is 0 Å². The van der Waals surface area contributed by atoms with Gasteiger partial charge in [-0.15, -0.1) is 11.3 Å². The summed E-state index contributed by atoms with van der Waals surface area (Å²) in [6.45, 7) is 12.1. The number of nitrogens with zero attached hydrogens (tertiary/aromatic N) is 1. The monoisotopic (exact) mass is 324 g/mol. The zero-order valence-corrected chi connectivity index (χ0v) is 15.1. The topological polar surface area (TPSA) is 51.2 Å². The number of rotatable bonds is 4. The maximum Gasteiger partial charge on any atom is 0.223 e. The normalized spacial score (nSPS) is 19.7. The van der Waals surface area contributed by atoms with Gasteiger partial charge in [-0.1, -0.05) is 27.7 Å². The maximum atomic E-state index is 12.5. The van der Waals surface area contributed by atoms with Crippen molar-refractivity contribution >= 4 is 17.2 Å². The molecule has 2 rings (SSSR count). The molecule has 1 aliphatic heterocycles. The lowest BCUT2D eigenvalue weighted by molar-refractivity contribution is -0.127. The number of thiazole rings is 1. The Balaban J connectivity index is 1.94. The molecule has 2 heterocycles. The summed E-state index contributed by atoms with van der Waals surface area (Å²) in [5.41, 5.74) is 1.14. The first-order valence-corrected chi connectivity index (χ1v) is 9.01. The van der Waals surface area contributed by atoms with Crippen molar-refractivity contribution in [2.24, 2.45) is 11.8 Å². The minimum Gasteiger partial charge on any atom is -0.381 e. The van der Waals surface area contributed by atoms with E-state index in [0.717, 1.165) is 36.8 Å². The van der Waals surface area contributed by atoms with E-state index in [0.29, 0.717) is 5.92 Å². The van der Waals surface area contributed by atoms with Gasteiger partial charge in [0.25, 0.3) is 0 Å². The van der Waals surface area contributed by atoms with Crippen LogP contribution in [0.3, 0.4) is 0 Å². The van der Waals surface area contributed by atoms with E-state index >= 15 is 0 Å². The van der Waals surface area contributed by atoms with Gasteiger partial charge in [-0.2, -0.15) is 0 Å². The van der Waals surface area contributed by atoms with E-state index in [4.69, 9.17) is 9.72 Å². The lowest BCUT2D eigenvalue weighted by atomic mass is 9.86. The second-order valence-corrected chi connectivity index (χ2v) is 8.18. The second kappa shape index (κ2) is 7.09. The van der Waals surface area contributed by atoms with Gasteiger partial charge >= 0.3 is 0 Å². The van der Waals surface area contributed by atoms with Gasteiger partial charge in [0.2, 0.25) is 5.91 Å². The third kappa shape index (κ3) is 4.29. The smallest absolute Gasteiger partial charge is 0.223 e. The van der Waals surface area contributed by atoms with Gasteiger partial charge in [0, 0.05) is 29.9 Å². The Labute approximate surface area is 137 Å². The fourth-order valence-corrected chi connectivity index (χ4v) is 3.72. The van der Waals surface area contributed by atoms with Crippen LogP contribution in [0.15, 0.2) is 5.38 Å². The van der Waals surface area contributed by atoms with Gasteiger partial charge in [0.05, 0.1) is 11.7 Å². The van der Waals surface area contributed by atoms with E-state index in [1.807, 2.05) is 13.8 Å². The highest BCUT2D eigenvalue weighted by Gasteiger charge is 2.27. The third-order valence-corrected chi connectivity index (χ3v) is 5.43. The number of hydrogen-bond acceptors (Lipinski definition) is 4. The molecule has 0 bridgehead atoms. The molecular formula is C17H28N2O2S. The fourth-order valence-electron chi connectivity index (χ4n) is 2.67. The van der Waals surface area contributed by atoms with E-state index < -0.39 is 0 Å². The quantitative estimate of drug-likeness (QED) is 0.919. The van der Waals surface area contributed by atoms with Gasteiger partial charge in [-0.3, -0.25) is 4.79 Å². The second-order valence-electron chi connectivity index (χ2n) is 7.29. The molecule has 22 heavy (non-hydrogen) atoms. The van der Waals surface area contributed by atoms with Crippen LogP contribution in [-0.4, -0.2) is 24.1 Å². The number of ether oxygens (including phenoxy) is 1. The summed E-state index contributed by atoms with van der Waals surface area (Å²) in [6, 6.07) is -0.0316. The van der Waals surface area contributed by atoms with Gasteiger partial charge in [-0.05, 0) is 25.7 Å². The molecule has 5 heteroatoms. The highest BCUT2D eigenvalue weighted by atomic mass is 32.1. The molecule has 1 aromatic rings. The average Bonchev–Trinajstić information content (AvgIpc) is 2.97. The molecule has 0 radical (unpaired) electrons. The molecule has 2 atom stereocenters. The standard InChI is InChI=1S/C17H28N2O2S/c1-11(13-6-8-21-9-7-13)15(20)18-12(2)16-19-14(10-22-16)17(3,4)5/h10-13H,6-9H2,1-5H3,(H,18,20). The third-order valence-electron chi connectivity index (χ3n) is 4.41. The van der Waals surface area contributed by atoms with Crippen LogP contribution < -0.4 is 5.32 Å². The van der Waals surface area contributed by atoms with Crippen LogP contribution in [-0.2, 0) is 14.9 Å². The van der Waals surface area contributed by atoms with Gasteiger partial charge in [0.1, 0.15) is 5.01 Å². The highest BCUT2D eigenvalue weighted by Crippen LogP contribution is 2.28. The summed E-state index contributed by atoms with van der Waals surface area (Å²) >= 11 is 1.63. The van der Waals surface area contributed by atoms with Crippen molar-refractivity contribution in [1.29, 1.82) is 0 Å². The zero-order chi connectivity index (χ0) is 16.3. The fraction of sp³-hybridized carbons (Fsp3) is 0.765. The van der Waals surface area contributed by atoms with Crippen LogP contribution in [0.5, 0.6) is 0 Å². The highest BCUT2D eigenvalue weighted by molar-refractivity contribution is 7.09. The van der Waals surface area contributed by atoms with Crippen molar-refractivity contribution < 1.29 is 9.53 Å². The van der Waals surface area contributed by atoms with Crippen molar-refractivity contribution in [2.75, 3.05) is 13.2 Å². The van der Waals surface area contributed by atoms with Gasteiger partial charge in [-0.25, -0.2) is 4.98 Å². The molecule has 1 aromatic heterocycles. The Morgan fingerprint density at radius 1 is 1.36 bits per heavy atom. The molecule has 0 saturated carbocycles. The molecule has 124 valence electrons. The van der Waals surface area contributed by atoms with Crippen LogP contribution in [0.4, 0.5) is 0 Å². The Morgan fingerprint density at radius 3 is 2.55 bits per heavy atom. The first kappa shape index (κ1) is 17.4. The number of carbonyl (C=O) groups is 1. The summed E-state index contributed by atoms with van der Waals surface area (Å²) in [7, 11) is 0. The van der Waals surface area contributed by atoms with Crippen LogP contribution in [0.25, 0.3) is 0 Å².